The number of halogens is 1. The van der Waals surface area contributed by atoms with Gasteiger partial charge in [0.2, 0.25) is 0 Å². The molecule has 0 spiro atoms. The second-order valence-electron chi connectivity index (χ2n) is 6.09. The lowest BCUT2D eigenvalue weighted by atomic mass is 9.85. The van der Waals surface area contributed by atoms with Crippen LogP contribution < -0.4 is 0 Å². The number of aliphatic hydroxyl groups excluding tert-OH is 1. The molecule has 2 aliphatic carbocycles. The van der Waals surface area contributed by atoms with Gasteiger partial charge in [-0.15, -0.1) is 11.8 Å². The largest absolute Gasteiger partial charge is 0.392 e. The van der Waals surface area contributed by atoms with Crippen LogP contribution >= 0.6 is 11.8 Å². The van der Waals surface area contributed by atoms with E-state index in [1.54, 1.807) is 17.8 Å². The predicted octanol–water partition coefficient (Wildman–Crippen LogP) is 4.11. The monoisotopic (exact) mass is 280 g/mol. The van der Waals surface area contributed by atoms with Gasteiger partial charge in [-0.25, -0.2) is 4.39 Å². The van der Waals surface area contributed by atoms with Gasteiger partial charge in [0.25, 0.3) is 0 Å². The molecule has 4 atom stereocenters. The van der Waals surface area contributed by atoms with Crippen molar-refractivity contribution in [2.24, 2.45) is 17.8 Å². The Morgan fingerprint density at radius 1 is 1.32 bits per heavy atom. The molecule has 104 valence electrons. The molecule has 0 heterocycles. The van der Waals surface area contributed by atoms with Crippen LogP contribution in [0.5, 0.6) is 0 Å². The normalized spacial score (nSPS) is 30.7. The summed E-state index contributed by atoms with van der Waals surface area (Å²) in [5.74, 6) is 3.03. The van der Waals surface area contributed by atoms with E-state index < -0.39 is 0 Å². The smallest absolute Gasteiger partial charge is 0.124 e. The molecule has 4 unspecified atom stereocenters. The minimum Gasteiger partial charge on any atom is -0.392 e. The first kappa shape index (κ1) is 13.4. The molecule has 1 nitrogen and oxygen atoms in total. The van der Waals surface area contributed by atoms with Crippen LogP contribution in [0.25, 0.3) is 0 Å². The first-order valence-electron chi connectivity index (χ1n) is 7.27. The summed E-state index contributed by atoms with van der Waals surface area (Å²) in [5, 5.41) is 10.2. The Morgan fingerprint density at radius 3 is 2.89 bits per heavy atom. The molecule has 19 heavy (non-hydrogen) atoms. The Balaban J connectivity index is 1.45. The molecule has 3 heteroatoms. The molecule has 0 aliphatic heterocycles. The van der Waals surface area contributed by atoms with Crippen molar-refractivity contribution in [3.63, 3.8) is 0 Å². The van der Waals surface area contributed by atoms with E-state index in [1.165, 1.54) is 37.8 Å². The van der Waals surface area contributed by atoms with Gasteiger partial charge in [0, 0.05) is 10.6 Å². The molecule has 1 N–H and O–H groups in total. The third kappa shape index (κ3) is 3.32. The lowest BCUT2D eigenvalue weighted by molar-refractivity contribution is 0.144. The molecule has 1 aromatic carbocycles. The van der Waals surface area contributed by atoms with Crippen LogP contribution in [0, 0.1) is 23.6 Å². The lowest BCUT2D eigenvalue weighted by Gasteiger charge is -2.24. The van der Waals surface area contributed by atoms with E-state index in [1.807, 2.05) is 6.07 Å². The van der Waals surface area contributed by atoms with Gasteiger partial charge in [-0.1, -0.05) is 12.5 Å². The fourth-order valence-electron chi connectivity index (χ4n) is 3.83. The van der Waals surface area contributed by atoms with E-state index in [0.717, 1.165) is 29.1 Å². The zero-order valence-corrected chi connectivity index (χ0v) is 11.9. The number of aliphatic hydroxyl groups is 1. The average Bonchev–Trinajstić information content (AvgIpc) is 2.99. The SMILES string of the molecule is OC(CSc1cccc(F)c1)CC1CC2CCC1C2. The van der Waals surface area contributed by atoms with E-state index in [0.29, 0.717) is 5.75 Å². The van der Waals surface area contributed by atoms with Gasteiger partial charge in [0.1, 0.15) is 5.82 Å². The van der Waals surface area contributed by atoms with Crippen molar-refractivity contribution >= 4 is 11.8 Å². The fraction of sp³-hybridized carbons (Fsp3) is 0.625. The van der Waals surface area contributed by atoms with Gasteiger partial charge in [-0.2, -0.15) is 0 Å². The van der Waals surface area contributed by atoms with Crippen LogP contribution in [0.2, 0.25) is 0 Å². The summed E-state index contributed by atoms with van der Waals surface area (Å²) in [6.07, 6.45) is 6.19. The number of benzene rings is 1. The summed E-state index contributed by atoms with van der Waals surface area (Å²) in [6.45, 7) is 0. The molecule has 1 aromatic rings. The first-order valence-corrected chi connectivity index (χ1v) is 8.25. The van der Waals surface area contributed by atoms with Crippen molar-refractivity contribution in [1.29, 1.82) is 0 Å². The molecular weight excluding hydrogens is 259 g/mol. The van der Waals surface area contributed by atoms with Gasteiger partial charge in [0.15, 0.2) is 0 Å². The zero-order chi connectivity index (χ0) is 13.2. The number of rotatable bonds is 5. The number of thioether (sulfide) groups is 1. The highest BCUT2D eigenvalue weighted by molar-refractivity contribution is 7.99. The highest BCUT2D eigenvalue weighted by Crippen LogP contribution is 2.50. The quantitative estimate of drug-likeness (QED) is 0.819. The molecule has 0 aromatic heterocycles. The van der Waals surface area contributed by atoms with E-state index in [2.05, 4.69) is 0 Å². The van der Waals surface area contributed by atoms with Gasteiger partial charge in [-0.3, -0.25) is 0 Å². The van der Waals surface area contributed by atoms with Crippen molar-refractivity contribution in [3.8, 4) is 0 Å². The fourth-order valence-corrected chi connectivity index (χ4v) is 4.72. The topological polar surface area (TPSA) is 20.2 Å². The maximum absolute atomic E-state index is 13.0. The zero-order valence-electron chi connectivity index (χ0n) is 11.1. The summed E-state index contributed by atoms with van der Waals surface area (Å²) >= 11 is 1.56. The van der Waals surface area contributed by atoms with E-state index in [4.69, 9.17) is 0 Å². The molecule has 2 saturated carbocycles. The molecule has 3 rings (SSSR count). The van der Waals surface area contributed by atoms with E-state index >= 15 is 0 Å². The van der Waals surface area contributed by atoms with Gasteiger partial charge < -0.3 is 5.11 Å². The van der Waals surface area contributed by atoms with Crippen LogP contribution in [0.15, 0.2) is 29.2 Å². The van der Waals surface area contributed by atoms with Crippen LogP contribution in [-0.2, 0) is 0 Å². The third-order valence-electron chi connectivity index (χ3n) is 4.70. The molecule has 2 bridgehead atoms. The number of fused-ring (bicyclic) bond motifs is 2. The Morgan fingerprint density at radius 2 is 2.21 bits per heavy atom. The minimum absolute atomic E-state index is 0.201. The molecule has 2 aliphatic rings. The van der Waals surface area contributed by atoms with Gasteiger partial charge in [-0.05, 0) is 61.6 Å². The highest BCUT2D eigenvalue weighted by Gasteiger charge is 2.39. The summed E-state index contributed by atoms with van der Waals surface area (Å²) in [4.78, 5) is 0.909. The Bertz CT molecular complexity index is 437. The lowest BCUT2D eigenvalue weighted by Crippen LogP contribution is -2.20. The minimum atomic E-state index is -0.252. The summed E-state index contributed by atoms with van der Waals surface area (Å²) in [7, 11) is 0. The van der Waals surface area contributed by atoms with Crippen molar-refractivity contribution in [1.82, 2.24) is 0 Å². The van der Waals surface area contributed by atoms with Crippen LogP contribution in [0.1, 0.15) is 32.1 Å². The van der Waals surface area contributed by atoms with Crippen LogP contribution in [0.3, 0.4) is 0 Å². The summed E-state index contributed by atoms with van der Waals surface area (Å²) < 4.78 is 13.0. The molecular formula is C16H21FOS. The predicted molar refractivity (Wildman–Crippen MR) is 76.7 cm³/mol. The second kappa shape index (κ2) is 5.84. The Labute approximate surface area is 118 Å². The average molecular weight is 280 g/mol. The molecule has 0 radical (unpaired) electrons. The van der Waals surface area contributed by atoms with Crippen molar-refractivity contribution in [2.75, 3.05) is 5.75 Å². The standard InChI is InChI=1S/C16H21FOS/c17-14-2-1-3-16(9-14)19-10-15(18)8-13-7-11-4-5-12(13)6-11/h1-3,9,11-13,15,18H,4-8,10H2. The summed E-state index contributed by atoms with van der Waals surface area (Å²) in [5.41, 5.74) is 0. The Kier molecular flexibility index (Phi) is 4.13. The maximum atomic E-state index is 13.0. The second-order valence-corrected chi connectivity index (χ2v) is 7.19. The van der Waals surface area contributed by atoms with Gasteiger partial charge >= 0.3 is 0 Å². The molecule has 0 saturated heterocycles. The van der Waals surface area contributed by atoms with E-state index in [-0.39, 0.29) is 11.9 Å². The number of hydrogen-bond donors (Lipinski definition) is 1. The van der Waals surface area contributed by atoms with Crippen molar-refractivity contribution < 1.29 is 9.50 Å². The van der Waals surface area contributed by atoms with Crippen LogP contribution in [0.4, 0.5) is 4.39 Å². The van der Waals surface area contributed by atoms with Crippen molar-refractivity contribution in [2.45, 2.75) is 43.1 Å². The third-order valence-corrected chi connectivity index (χ3v) is 5.84. The summed E-state index contributed by atoms with van der Waals surface area (Å²) in [6, 6.07) is 6.61. The molecule has 2 fully saturated rings. The highest BCUT2D eigenvalue weighted by atomic mass is 32.2. The van der Waals surface area contributed by atoms with Gasteiger partial charge in [0.05, 0.1) is 6.10 Å². The number of hydrogen-bond acceptors (Lipinski definition) is 2. The molecule has 0 amide bonds. The van der Waals surface area contributed by atoms with Crippen LogP contribution in [-0.4, -0.2) is 17.0 Å². The van der Waals surface area contributed by atoms with E-state index in [9.17, 15) is 9.50 Å². The first-order chi connectivity index (χ1) is 9.20. The van der Waals surface area contributed by atoms with Crippen molar-refractivity contribution in [3.05, 3.63) is 30.1 Å². The maximum Gasteiger partial charge on any atom is 0.124 e. The Hall–Kier alpha value is -0.540.